The van der Waals surface area contributed by atoms with Gasteiger partial charge in [-0.1, -0.05) is 60.7 Å². The molecule has 0 radical (unpaired) electrons. The fourth-order valence-corrected chi connectivity index (χ4v) is 5.22. The Morgan fingerprint density at radius 2 is 0.954 bits per heavy atom. The van der Waals surface area contributed by atoms with E-state index in [0.717, 1.165) is 11.1 Å². The highest BCUT2D eigenvalue weighted by Gasteiger charge is 2.23. The number of alkyl carbamates (subject to hydrolysis) is 2. The smallest absolute Gasteiger partial charge is 0.408 e. The summed E-state index contributed by atoms with van der Waals surface area (Å²) in [5.41, 5.74) is 0.783. The topological polar surface area (TPSA) is 307 Å². The number of carbonyl (C=O) groups is 10. The van der Waals surface area contributed by atoms with Crippen LogP contribution in [-0.2, 0) is 65.8 Å². The number of nitrogens with one attached hydrogen (secondary N) is 9. The molecule has 0 saturated heterocycles. The van der Waals surface area contributed by atoms with Crippen molar-refractivity contribution in [2.45, 2.75) is 97.2 Å². The summed E-state index contributed by atoms with van der Waals surface area (Å²) >= 11 is 0. The molecular formula is C43H61N9O13. The molecule has 9 N–H and O–H groups in total. The van der Waals surface area contributed by atoms with Crippen LogP contribution >= 0.6 is 0 Å². The average molecular weight is 912 g/mol. The third kappa shape index (κ3) is 25.4. The average Bonchev–Trinajstić information content (AvgIpc) is 3.26. The molecule has 0 bridgehead atoms. The van der Waals surface area contributed by atoms with Gasteiger partial charge < -0.3 is 62.1 Å². The monoisotopic (exact) mass is 911 g/mol. The van der Waals surface area contributed by atoms with E-state index in [4.69, 9.17) is 14.2 Å². The summed E-state index contributed by atoms with van der Waals surface area (Å²) in [5.74, 6) is -5.17. The second-order valence-electron chi connectivity index (χ2n) is 15.4. The van der Waals surface area contributed by atoms with Crippen molar-refractivity contribution in [3.05, 3.63) is 71.8 Å². The Balaban J connectivity index is 1.73. The van der Waals surface area contributed by atoms with Gasteiger partial charge in [-0.2, -0.15) is 0 Å². The van der Waals surface area contributed by atoms with Gasteiger partial charge >= 0.3 is 18.2 Å². The van der Waals surface area contributed by atoms with Gasteiger partial charge in [-0.05, 0) is 65.0 Å². The minimum Gasteiger partial charge on any atom is -0.460 e. The lowest BCUT2D eigenvalue weighted by atomic mass is 10.1. The quantitative estimate of drug-likeness (QED) is 0.0333. The van der Waals surface area contributed by atoms with Crippen LogP contribution in [0.3, 0.4) is 0 Å². The van der Waals surface area contributed by atoms with E-state index in [0.29, 0.717) is 12.8 Å². The van der Waals surface area contributed by atoms with Crippen molar-refractivity contribution in [2.75, 3.05) is 39.3 Å². The minimum absolute atomic E-state index is 0.00780. The Morgan fingerprint density at radius 1 is 0.508 bits per heavy atom. The van der Waals surface area contributed by atoms with Crippen LogP contribution in [0.15, 0.2) is 60.7 Å². The molecule has 2 aromatic carbocycles. The number of hydrogen-bond acceptors (Lipinski definition) is 13. The molecule has 0 aliphatic rings. The highest BCUT2D eigenvalue weighted by molar-refractivity contribution is 5.93. The van der Waals surface area contributed by atoms with Crippen LogP contribution < -0.4 is 47.9 Å². The van der Waals surface area contributed by atoms with E-state index in [1.807, 2.05) is 12.1 Å². The first-order chi connectivity index (χ1) is 30.8. The van der Waals surface area contributed by atoms with Crippen molar-refractivity contribution >= 4 is 59.5 Å². The van der Waals surface area contributed by atoms with Crippen molar-refractivity contribution in [3.63, 3.8) is 0 Å². The van der Waals surface area contributed by atoms with Gasteiger partial charge in [0.25, 0.3) is 0 Å². The van der Waals surface area contributed by atoms with Crippen LogP contribution in [-0.4, -0.2) is 123 Å². The highest BCUT2D eigenvalue weighted by Crippen LogP contribution is 2.08. The Hall–Kier alpha value is -7.26. The third-order valence-electron chi connectivity index (χ3n) is 8.56. The van der Waals surface area contributed by atoms with E-state index in [2.05, 4.69) is 47.9 Å². The molecule has 0 fully saturated rings. The summed E-state index contributed by atoms with van der Waals surface area (Å²) in [4.78, 5) is 124. The second kappa shape index (κ2) is 29.2. The zero-order valence-corrected chi connectivity index (χ0v) is 37.3. The maximum absolute atomic E-state index is 13.1. The van der Waals surface area contributed by atoms with E-state index in [-0.39, 0.29) is 39.1 Å². The van der Waals surface area contributed by atoms with Gasteiger partial charge in [0.15, 0.2) is 0 Å². The lowest BCUT2D eigenvalue weighted by Gasteiger charge is -2.21. The van der Waals surface area contributed by atoms with Crippen molar-refractivity contribution in [3.8, 4) is 0 Å². The van der Waals surface area contributed by atoms with E-state index < -0.39 is 109 Å². The molecule has 2 rings (SSSR count). The molecule has 0 saturated carbocycles. The van der Waals surface area contributed by atoms with Gasteiger partial charge in [-0.3, -0.25) is 38.4 Å². The molecule has 9 amide bonds. The summed E-state index contributed by atoms with van der Waals surface area (Å²) in [7, 11) is 0. The molecule has 22 nitrogen and oxygen atoms in total. The molecule has 65 heavy (non-hydrogen) atoms. The first-order valence-electron chi connectivity index (χ1n) is 20.9. The van der Waals surface area contributed by atoms with E-state index in [9.17, 15) is 47.9 Å². The van der Waals surface area contributed by atoms with Gasteiger partial charge in [0.2, 0.25) is 41.4 Å². The first-order valence-corrected chi connectivity index (χ1v) is 20.9. The van der Waals surface area contributed by atoms with Crippen LogP contribution in [0.5, 0.6) is 0 Å². The standard InChI is InChI=1S/C43H61N9O13/c1-28(50-41(61)63-26-30-14-8-6-9-15-30)38(58)48-23-34(54)46-22-33(53)44-20-13-12-18-32(40(60)45-21-19-37(57)65-43(3,4)5)52-36(56)25-47-35(55)24-49-39(59)29(2)51-42(62)64-27-31-16-10-7-11-17-31/h6-11,14-17,28-29,32H,12-13,18-27H2,1-5H3,(H,44,53)(H,45,60)(H,46,54)(H,47,55)(H,48,58)(H,49,59)(H,50,61)(H,51,62)(H,52,56). The molecule has 0 spiro atoms. The maximum atomic E-state index is 13.1. The number of amides is 9. The highest BCUT2D eigenvalue weighted by atomic mass is 16.6. The normalized spacial score (nSPS) is 12.0. The third-order valence-corrected chi connectivity index (χ3v) is 8.56. The number of unbranched alkanes of at least 4 members (excludes halogenated alkanes) is 1. The molecule has 0 heterocycles. The van der Waals surface area contributed by atoms with Gasteiger partial charge in [-0.25, -0.2) is 9.59 Å². The zero-order valence-electron chi connectivity index (χ0n) is 37.3. The van der Waals surface area contributed by atoms with Crippen LogP contribution in [0.2, 0.25) is 0 Å². The fourth-order valence-electron chi connectivity index (χ4n) is 5.22. The number of hydrogen-bond donors (Lipinski definition) is 9. The summed E-state index contributed by atoms with van der Waals surface area (Å²) in [6.07, 6.45) is -1.03. The first kappa shape index (κ1) is 53.9. The van der Waals surface area contributed by atoms with Gasteiger partial charge in [0.05, 0.1) is 32.6 Å². The fraction of sp³-hybridized carbons (Fsp3) is 0.488. The molecule has 3 unspecified atom stereocenters. The molecule has 22 heteroatoms. The van der Waals surface area contributed by atoms with E-state index >= 15 is 0 Å². The molecule has 356 valence electrons. The summed E-state index contributed by atoms with van der Waals surface area (Å²) in [6, 6.07) is 14.7. The number of benzene rings is 2. The van der Waals surface area contributed by atoms with Crippen molar-refractivity contribution in [2.24, 2.45) is 0 Å². The largest absolute Gasteiger partial charge is 0.460 e. The van der Waals surface area contributed by atoms with Gasteiger partial charge in [0, 0.05) is 13.1 Å². The SMILES string of the molecule is CC(NC(=O)OCc1ccccc1)C(=O)NCC(=O)NCC(=O)NCCCCC(NC(=O)CNC(=O)CNC(=O)C(C)NC(=O)OCc1ccccc1)C(=O)NCCC(=O)OC(C)(C)C. The molecule has 3 atom stereocenters. The van der Waals surface area contributed by atoms with E-state index in [1.54, 1.807) is 69.3 Å². The molecule has 0 aromatic heterocycles. The Labute approximate surface area is 377 Å². The molecule has 0 aliphatic heterocycles. The van der Waals surface area contributed by atoms with Crippen LogP contribution in [0.25, 0.3) is 0 Å². The predicted molar refractivity (Wildman–Crippen MR) is 233 cm³/mol. The zero-order chi connectivity index (χ0) is 48.2. The van der Waals surface area contributed by atoms with Crippen molar-refractivity contribution in [1.29, 1.82) is 0 Å². The summed E-state index contributed by atoms with van der Waals surface area (Å²) in [6.45, 7) is 6.01. The Bertz CT molecular complexity index is 1910. The second-order valence-corrected chi connectivity index (χ2v) is 15.4. The molecule has 2 aromatic rings. The van der Waals surface area contributed by atoms with Crippen molar-refractivity contribution < 1.29 is 62.2 Å². The van der Waals surface area contributed by atoms with Crippen LogP contribution in [0.1, 0.15) is 71.4 Å². The van der Waals surface area contributed by atoms with Crippen LogP contribution in [0.4, 0.5) is 9.59 Å². The van der Waals surface area contributed by atoms with Crippen molar-refractivity contribution in [1.82, 2.24) is 47.9 Å². The van der Waals surface area contributed by atoms with Gasteiger partial charge in [-0.15, -0.1) is 0 Å². The molecule has 0 aliphatic carbocycles. The Kier molecular flexibility index (Phi) is 24.2. The molecular weight excluding hydrogens is 851 g/mol. The Morgan fingerprint density at radius 3 is 1.43 bits per heavy atom. The predicted octanol–water partition coefficient (Wildman–Crippen LogP) is -0.300. The number of carbonyl (C=O) groups excluding carboxylic acids is 10. The number of esters is 1. The lowest BCUT2D eigenvalue weighted by molar-refractivity contribution is -0.154. The lowest BCUT2D eigenvalue weighted by Crippen LogP contribution is -2.51. The maximum Gasteiger partial charge on any atom is 0.408 e. The summed E-state index contributed by atoms with van der Waals surface area (Å²) < 4.78 is 15.4. The van der Waals surface area contributed by atoms with E-state index in [1.165, 1.54) is 13.8 Å². The number of ether oxygens (including phenoxy) is 3. The van der Waals surface area contributed by atoms with Crippen LogP contribution in [0, 0.1) is 0 Å². The number of rotatable bonds is 26. The van der Waals surface area contributed by atoms with Gasteiger partial charge in [0.1, 0.15) is 36.9 Å². The summed E-state index contributed by atoms with van der Waals surface area (Å²) in [5, 5.41) is 21.8. The minimum atomic E-state index is -1.10.